The molecule has 0 nitrogen and oxygen atoms in total. The van der Waals surface area contributed by atoms with E-state index in [1.54, 1.807) is 6.07 Å². The quantitative estimate of drug-likeness (QED) is 0.429. The van der Waals surface area contributed by atoms with Crippen molar-refractivity contribution in [3.05, 3.63) is 71.5 Å². The molecule has 0 spiro atoms. The molecule has 0 N–H and O–H groups in total. The molecule has 0 unspecified atom stereocenters. The second-order valence-corrected chi connectivity index (χ2v) is 8.04. The number of hydrogen-bond acceptors (Lipinski definition) is 0. The lowest BCUT2D eigenvalue weighted by Crippen LogP contribution is -2.13. The van der Waals surface area contributed by atoms with Crippen LogP contribution in [0.1, 0.15) is 56.9 Å². The van der Waals surface area contributed by atoms with Crippen molar-refractivity contribution in [2.24, 2.45) is 5.92 Å². The molecule has 0 atom stereocenters. The van der Waals surface area contributed by atoms with Crippen molar-refractivity contribution in [3.8, 4) is 11.1 Å². The summed E-state index contributed by atoms with van der Waals surface area (Å²) in [5.41, 5.74) is 1.92. The Balaban J connectivity index is 1.62. The van der Waals surface area contributed by atoms with Gasteiger partial charge in [-0.3, -0.25) is 0 Å². The van der Waals surface area contributed by atoms with E-state index < -0.39 is 11.6 Å². The second kappa shape index (κ2) is 7.98. The molecule has 0 radical (unpaired) electrons. The molecule has 0 saturated heterocycles. The van der Waals surface area contributed by atoms with Crippen LogP contribution in [-0.2, 0) is 0 Å². The standard InChI is InChI=1S/C25H25F3/c1-2-3-16-4-6-17(7-5-16)18-8-11-21-19(14-18)9-12-22(25(21)28)20-10-13-23(26)24(27)15-20/h8-17H,2-7H2,1H3. The lowest BCUT2D eigenvalue weighted by Gasteiger charge is -2.28. The summed E-state index contributed by atoms with van der Waals surface area (Å²) in [6, 6.07) is 13.0. The molecule has 0 aliphatic heterocycles. The Bertz CT molecular complexity index is 984. The van der Waals surface area contributed by atoms with Crippen LogP contribution in [0.25, 0.3) is 21.9 Å². The Labute approximate surface area is 164 Å². The van der Waals surface area contributed by atoms with E-state index in [4.69, 9.17) is 0 Å². The van der Waals surface area contributed by atoms with Crippen molar-refractivity contribution < 1.29 is 13.2 Å². The van der Waals surface area contributed by atoms with E-state index in [0.29, 0.717) is 22.4 Å². The minimum Gasteiger partial charge on any atom is -0.206 e. The molecule has 1 aliphatic carbocycles. The first-order chi connectivity index (χ1) is 13.6. The van der Waals surface area contributed by atoms with E-state index in [0.717, 1.165) is 23.4 Å². The topological polar surface area (TPSA) is 0 Å². The van der Waals surface area contributed by atoms with Crippen molar-refractivity contribution in [1.82, 2.24) is 0 Å². The van der Waals surface area contributed by atoms with Gasteiger partial charge in [-0.2, -0.15) is 0 Å². The summed E-state index contributed by atoms with van der Waals surface area (Å²) in [5, 5.41) is 1.38. The summed E-state index contributed by atoms with van der Waals surface area (Å²) in [4.78, 5) is 0. The fraction of sp³-hybridized carbons (Fsp3) is 0.360. The third kappa shape index (κ3) is 3.67. The fourth-order valence-corrected chi connectivity index (χ4v) is 4.64. The van der Waals surface area contributed by atoms with Crippen LogP contribution in [-0.4, -0.2) is 0 Å². The van der Waals surface area contributed by atoms with Crippen LogP contribution in [0.4, 0.5) is 13.2 Å². The van der Waals surface area contributed by atoms with Gasteiger partial charge in [-0.15, -0.1) is 0 Å². The molecular formula is C25H25F3. The minimum atomic E-state index is -0.967. The maximum atomic E-state index is 15.1. The molecule has 3 aromatic carbocycles. The van der Waals surface area contributed by atoms with Crippen LogP contribution < -0.4 is 0 Å². The van der Waals surface area contributed by atoms with Crippen LogP contribution >= 0.6 is 0 Å². The molecule has 0 bridgehead atoms. The van der Waals surface area contributed by atoms with Gasteiger partial charge in [0.05, 0.1) is 0 Å². The summed E-state index contributed by atoms with van der Waals surface area (Å²) >= 11 is 0. The van der Waals surface area contributed by atoms with Crippen LogP contribution in [0.15, 0.2) is 48.5 Å². The SMILES string of the molecule is CCCC1CCC(c2ccc3c(F)c(-c4ccc(F)c(F)c4)ccc3c2)CC1. The first-order valence-electron chi connectivity index (χ1n) is 10.2. The molecule has 146 valence electrons. The van der Waals surface area contributed by atoms with Crippen LogP contribution in [0.2, 0.25) is 0 Å². The van der Waals surface area contributed by atoms with Crippen molar-refractivity contribution in [2.45, 2.75) is 51.4 Å². The Morgan fingerprint density at radius 2 is 1.61 bits per heavy atom. The number of fused-ring (bicyclic) bond motifs is 1. The van der Waals surface area contributed by atoms with Gasteiger partial charge in [0.1, 0.15) is 5.82 Å². The average molecular weight is 382 g/mol. The predicted octanol–water partition coefficient (Wildman–Crippen LogP) is 8.00. The molecule has 1 aliphatic rings. The molecule has 3 heteroatoms. The van der Waals surface area contributed by atoms with E-state index in [1.807, 2.05) is 18.2 Å². The highest BCUT2D eigenvalue weighted by atomic mass is 19.2. The van der Waals surface area contributed by atoms with E-state index in [9.17, 15) is 8.78 Å². The maximum absolute atomic E-state index is 15.1. The summed E-state index contributed by atoms with van der Waals surface area (Å²) in [6.45, 7) is 2.25. The zero-order valence-electron chi connectivity index (χ0n) is 16.2. The van der Waals surface area contributed by atoms with Crippen LogP contribution in [0.5, 0.6) is 0 Å². The first kappa shape index (κ1) is 19.0. The average Bonchev–Trinajstić information content (AvgIpc) is 2.71. The number of hydrogen-bond donors (Lipinski definition) is 0. The molecule has 1 saturated carbocycles. The molecule has 0 amide bonds. The monoisotopic (exact) mass is 382 g/mol. The predicted molar refractivity (Wildman–Crippen MR) is 109 cm³/mol. The Hall–Kier alpha value is -2.29. The number of rotatable bonds is 4. The van der Waals surface area contributed by atoms with Gasteiger partial charge < -0.3 is 0 Å². The minimum absolute atomic E-state index is 0.291. The van der Waals surface area contributed by atoms with Crippen molar-refractivity contribution in [1.29, 1.82) is 0 Å². The van der Waals surface area contributed by atoms with Gasteiger partial charge in [0, 0.05) is 10.9 Å². The van der Waals surface area contributed by atoms with E-state index in [1.165, 1.54) is 50.2 Å². The summed E-state index contributed by atoms with van der Waals surface area (Å²) in [5.74, 6) is -0.875. The Kier molecular flexibility index (Phi) is 5.43. The maximum Gasteiger partial charge on any atom is 0.159 e. The van der Waals surface area contributed by atoms with Gasteiger partial charge in [-0.05, 0) is 66.2 Å². The van der Waals surface area contributed by atoms with E-state index in [2.05, 4.69) is 13.0 Å². The molecule has 1 fully saturated rings. The van der Waals surface area contributed by atoms with E-state index in [-0.39, 0.29) is 5.82 Å². The molecule has 4 rings (SSSR count). The Morgan fingerprint density at radius 1 is 0.821 bits per heavy atom. The second-order valence-electron chi connectivity index (χ2n) is 8.04. The third-order valence-corrected chi connectivity index (χ3v) is 6.22. The van der Waals surface area contributed by atoms with Gasteiger partial charge in [0.2, 0.25) is 0 Å². The molecular weight excluding hydrogens is 357 g/mol. The zero-order valence-corrected chi connectivity index (χ0v) is 16.2. The third-order valence-electron chi connectivity index (χ3n) is 6.22. The normalized spacial score (nSPS) is 19.9. The van der Waals surface area contributed by atoms with Crippen molar-refractivity contribution >= 4 is 10.8 Å². The lowest BCUT2D eigenvalue weighted by molar-refractivity contribution is 0.308. The smallest absolute Gasteiger partial charge is 0.159 e. The summed E-state index contributed by atoms with van der Waals surface area (Å²) < 4.78 is 41.8. The van der Waals surface area contributed by atoms with Gasteiger partial charge >= 0.3 is 0 Å². The lowest BCUT2D eigenvalue weighted by atomic mass is 9.77. The molecule has 28 heavy (non-hydrogen) atoms. The zero-order chi connectivity index (χ0) is 19.7. The molecule has 0 heterocycles. The van der Waals surface area contributed by atoms with Crippen LogP contribution in [0, 0.1) is 23.4 Å². The van der Waals surface area contributed by atoms with Gasteiger partial charge in [-0.1, -0.05) is 56.2 Å². The van der Waals surface area contributed by atoms with Crippen molar-refractivity contribution in [2.75, 3.05) is 0 Å². The Morgan fingerprint density at radius 3 is 2.32 bits per heavy atom. The highest BCUT2D eigenvalue weighted by molar-refractivity contribution is 5.88. The van der Waals surface area contributed by atoms with Crippen LogP contribution in [0.3, 0.4) is 0 Å². The highest BCUT2D eigenvalue weighted by Crippen LogP contribution is 2.39. The highest BCUT2D eigenvalue weighted by Gasteiger charge is 2.22. The summed E-state index contributed by atoms with van der Waals surface area (Å²) in [7, 11) is 0. The number of benzene rings is 3. The summed E-state index contributed by atoms with van der Waals surface area (Å²) in [6.07, 6.45) is 7.53. The first-order valence-corrected chi connectivity index (χ1v) is 10.2. The number of halogens is 3. The largest absolute Gasteiger partial charge is 0.206 e. The van der Waals surface area contributed by atoms with Gasteiger partial charge in [0.15, 0.2) is 11.6 Å². The molecule has 3 aromatic rings. The van der Waals surface area contributed by atoms with Gasteiger partial charge in [-0.25, -0.2) is 13.2 Å². The van der Waals surface area contributed by atoms with E-state index >= 15 is 4.39 Å². The van der Waals surface area contributed by atoms with Crippen molar-refractivity contribution in [3.63, 3.8) is 0 Å². The fourth-order valence-electron chi connectivity index (χ4n) is 4.64. The molecule has 0 aromatic heterocycles. The van der Waals surface area contributed by atoms with Gasteiger partial charge in [0.25, 0.3) is 0 Å².